The highest BCUT2D eigenvalue weighted by Crippen LogP contribution is 2.43. The summed E-state index contributed by atoms with van der Waals surface area (Å²) >= 11 is 5.67. The van der Waals surface area contributed by atoms with Gasteiger partial charge in [-0.15, -0.1) is 11.3 Å². The van der Waals surface area contributed by atoms with E-state index in [1.54, 1.807) is 0 Å². The molecule has 0 spiro atoms. The largest absolute Gasteiger partial charge is 0.310 e. The van der Waals surface area contributed by atoms with Crippen molar-refractivity contribution in [3.63, 3.8) is 0 Å². The number of hydrogen-bond donors (Lipinski definition) is 0. The molecule has 0 fully saturated rings. The normalized spacial score (nSPS) is 11.2. The van der Waals surface area contributed by atoms with Gasteiger partial charge >= 0.3 is 0 Å². The predicted octanol–water partition coefficient (Wildman–Crippen LogP) is 8.60. The Morgan fingerprint density at radius 3 is 2.25 bits per heavy atom. The molecule has 1 nitrogen and oxygen atoms in total. The van der Waals surface area contributed by atoms with E-state index in [0.717, 1.165) is 21.5 Å². The topological polar surface area (TPSA) is 3.24 Å². The number of hydrogen-bond acceptors (Lipinski definition) is 2. The summed E-state index contributed by atoms with van der Waals surface area (Å²) in [6.07, 6.45) is 0. The predicted molar refractivity (Wildman–Crippen MR) is 126 cm³/mol. The Morgan fingerprint density at radius 1 is 0.679 bits per heavy atom. The SMILES string of the molecule is Cc1cccc(N(c2ccccc2)c2cc(Br)c3sc4ccccc4c3c2)c1. The Morgan fingerprint density at radius 2 is 1.43 bits per heavy atom. The summed E-state index contributed by atoms with van der Waals surface area (Å²) in [7, 11) is 0. The summed E-state index contributed by atoms with van der Waals surface area (Å²) in [5.41, 5.74) is 4.72. The highest BCUT2D eigenvalue weighted by Gasteiger charge is 2.16. The molecule has 5 rings (SSSR count). The maximum atomic E-state index is 3.84. The second-order valence-electron chi connectivity index (χ2n) is 6.91. The van der Waals surface area contributed by atoms with Crippen LogP contribution in [0.1, 0.15) is 5.56 Å². The van der Waals surface area contributed by atoms with Crippen LogP contribution in [0, 0.1) is 6.92 Å². The molecular formula is C25H18BrNS. The molecule has 136 valence electrons. The third kappa shape index (κ3) is 3.01. The lowest BCUT2D eigenvalue weighted by Crippen LogP contribution is -2.10. The third-order valence-corrected chi connectivity index (χ3v) is 7.06. The van der Waals surface area contributed by atoms with E-state index < -0.39 is 0 Å². The lowest BCUT2D eigenvalue weighted by molar-refractivity contribution is 1.27. The average Bonchev–Trinajstić information content (AvgIpc) is 3.09. The molecule has 3 heteroatoms. The van der Waals surface area contributed by atoms with Crippen molar-refractivity contribution in [1.82, 2.24) is 0 Å². The van der Waals surface area contributed by atoms with Crippen LogP contribution >= 0.6 is 27.3 Å². The van der Waals surface area contributed by atoms with Crippen LogP contribution in [0.3, 0.4) is 0 Å². The minimum absolute atomic E-state index is 1.13. The Balaban J connectivity index is 1.79. The number of benzene rings is 4. The Kier molecular flexibility index (Phi) is 4.42. The highest BCUT2D eigenvalue weighted by molar-refractivity contribution is 9.10. The molecule has 0 aliphatic carbocycles. The van der Waals surface area contributed by atoms with Gasteiger partial charge in [0.1, 0.15) is 0 Å². The van der Waals surface area contributed by atoms with Gasteiger partial charge in [-0.25, -0.2) is 0 Å². The molecule has 28 heavy (non-hydrogen) atoms. The van der Waals surface area contributed by atoms with E-state index in [4.69, 9.17) is 0 Å². The third-order valence-electron chi connectivity index (χ3n) is 4.95. The molecule has 0 saturated carbocycles. The van der Waals surface area contributed by atoms with Crippen molar-refractivity contribution in [2.45, 2.75) is 6.92 Å². The van der Waals surface area contributed by atoms with E-state index in [1.165, 1.54) is 25.7 Å². The van der Waals surface area contributed by atoms with Gasteiger partial charge in [-0.1, -0.05) is 48.5 Å². The van der Waals surface area contributed by atoms with Gasteiger partial charge in [-0.3, -0.25) is 0 Å². The lowest BCUT2D eigenvalue weighted by Gasteiger charge is -2.26. The molecule has 1 heterocycles. The van der Waals surface area contributed by atoms with Gasteiger partial charge < -0.3 is 4.90 Å². The van der Waals surface area contributed by atoms with Gasteiger partial charge in [-0.05, 0) is 70.9 Å². The van der Waals surface area contributed by atoms with Crippen molar-refractivity contribution in [2.75, 3.05) is 4.90 Å². The van der Waals surface area contributed by atoms with Crippen molar-refractivity contribution in [3.8, 4) is 0 Å². The van der Waals surface area contributed by atoms with E-state index in [9.17, 15) is 0 Å². The first kappa shape index (κ1) is 17.5. The minimum atomic E-state index is 1.13. The number of aryl methyl sites for hydroxylation is 1. The maximum Gasteiger partial charge on any atom is 0.0499 e. The number of thiophene rings is 1. The van der Waals surface area contributed by atoms with Crippen LogP contribution in [0.15, 0.2) is 95.5 Å². The molecule has 0 unspecified atom stereocenters. The number of halogens is 1. The van der Waals surface area contributed by atoms with Gasteiger partial charge in [0, 0.05) is 41.7 Å². The Labute approximate surface area is 177 Å². The first-order valence-corrected chi connectivity index (χ1v) is 10.8. The van der Waals surface area contributed by atoms with Gasteiger partial charge in [0.05, 0.1) is 0 Å². The van der Waals surface area contributed by atoms with Gasteiger partial charge in [0.25, 0.3) is 0 Å². The first-order chi connectivity index (χ1) is 13.7. The van der Waals surface area contributed by atoms with E-state index in [1.807, 2.05) is 11.3 Å². The summed E-state index contributed by atoms with van der Waals surface area (Å²) in [6, 6.07) is 32.4. The zero-order valence-corrected chi connectivity index (χ0v) is 17.8. The van der Waals surface area contributed by atoms with Crippen LogP contribution in [0.4, 0.5) is 17.1 Å². The number of nitrogens with zero attached hydrogens (tertiary/aromatic N) is 1. The standard InChI is InChI=1S/C25H18BrNS/c1-17-8-7-11-19(14-17)27(18-9-3-2-4-10-18)20-15-22-21-12-5-6-13-24(21)28-25(22)23(26)16-20/h2-16H,1H3. The van der Waals surface area contributed by atoms with Crippen molar-refractivity contribution in [3.05, 3.63) is 101 Å². The highest BCUT2D eigenvalue weighted by atomic mass is 79.9. The fraction of sp³-hybridized carbons (Fsp3) is 0.0400. The number of fused-ring (bicyclic) bond motifs is 3. The molecule has 5 aromatic rings. The maximum absolute atomic E-state index is 3.84. The summed E-state index contributed by atoms with van der Waals surface area (Å²) in [5.74, 6) is 0. The van der Waals surface area contributed by atoms with Crippen molar-refractivity contribution in [2.24, 2.45) is 0 Å². The molecule has 0 aliphatic heterocycles. The van der Waals surface area contributed by atoms with Crippen molar-refractivity contribution < 1.29 is 0 Å². The van der Waals surface area contributed by atoms with Crippen LogP contribution in [-0.2, 0) is 0 Å². The molecule has 0 bridgehead atoms. The van der Waals surface area contributed by atoms with E-state index >= 15 is 0 Å². The zero-order valence-electron chi connectivity index (χ0n) is 15.4. The van der Waals surface area contributed by atoms with Gasteiger partial charge in [-0.2, -0.15) is 0 Å². The lowest BCUT2D eigenvalue weighted by atomic mass is 10.1. The molecule has 0 atom stereocenters. The van der Waals surface area contributed by atoms with Gasteiger partial charge in [0.2, 0.25) is 0 Å². The molecule has 1 aromatic heterocycles. The Hall–Kier alpha value is -2.62. The second kappa shape index (κ2) is 7.08. The smallest absolute Gasteiger partial charge is 0.0499 e. The molecule has 0 radical (unpaired) electrons. The molecule has 4 aromatic carbocycles. The van der Waals surface area contributed by atoms with Crippen LogP contribution in [0.5, 0.6) is 0 Å². The number of para-hydroxylation sites is 1. The van der Waals surface area contributed by atoms with E-state index in [0.29, 0.717) is 0 Å². The molecule has 0 aliphatic rings. The quantitative estimate of drug-likeness (QED) is 0.269. The first-order valence-electron chi connectivity index (χ1n) is 9.23. The van der Waals surface area contributed by atoms with Crippen molar-refractivity contribution in [1.29, 1.82) is 0 Å². The second-order valence-corrected chi connectivity index (χ2v) is 8.82. The van der Waals surface area contributed by atoms with E-state index in [-0.39, 0.29) is 0 Å². The van der Waals surface area contributed by atoms with E-state index in [2.05, 4.69) is 119 Å². The summed E-state index contributed by atoms with van der Waals surface area (Å²) < 4.78 is 3.74. The average molecular weight is 444 g/mol. The zero-order chi connectivity index (χ0) is 19.1. The minimum Gasteiger partial charge on any atom is -0.310 e. The molecule has 0 saturated heterocycles. The van der Waals surface area contributed by atoms with Crippen LogP contribution in [-0.4, -0.2) is 0 Å². The molecule has 0 amide bonds. The Bertz CT molecular complexity index is 1290. The fourth-order valence-corrected chi connectivity index (χ4v) is 5.47. The summed E-state index contributed by atoms with van der Waals surface area (Å²) in [4.78, 5) is 2.32. The summed E-state index contributed by atoms with van der Waals surface area (Å²) in [6.45, 7) is 2.14. The number of anilines is 3. The van der Waals surface area contributed by atoms with Crippen LogP contribution < -0.4 is 4.90 Å². The monoisotopic (exact) mass is 443 g/mol. The summed E-state index contributed by atoms with van der Waals surface area (Å²) in [5, 5.41) is 2.60. The van der Waals surface area contributed by atoms with Crippen molar-refractivity contribution >= 4 is 64.5 Å². The molecule has 0 N–H and O–H groups in total. The fourth-order valence-electron chi connectivity index (χ4n) is 3.69. The van der Waals surface area contributed by atoms with Crippen LogP contribution in [0.2, 0.25) is 0 Å². The van der Waals surface area contributed by atoms with Crippen LogP contribution in [0.25, 0.3) is 20.2 Å². The number of rotatable bonds is 3. The van der Waals surface area contributed by atoms with Gasteiger partial charge in [0.15, 0.2) is 0 Å². The molecular weight excluding hydrogens is 426 g/mol.